The summed E-state index contributed by atoms with van der Waals surface area (Å²) < 4.78 is 34.2. The zero-order valence-electron chi connectivity index (χ0n) is 36.9. The van der Waals surface area contributed by atoms with Crippen molar-refractivity contribution in [3.8, 4) is 0 Å². The molecule has 0 aromatic rings. The second-order valence-electron chi connectivity index (χ2n) is 16.3. The summed E-state index contributed by atoms with van der Waals surface area (Å²) in [5.74, 6) is -0.910. The van der Waals surface area contributed by atoms with Crippen LogP contribution in [0.4, 0.5) is 0 Å². The van der Waals surface area contributed by atoms with Crippen LogP contribution in [-0.4, -0.2) is 86.1 Å². The van der Waals surface area contributed by atoms with E-state index in [0.29, 0.717) is 30.3 Å². The molecule has 0 saturated heterocycles. The number of aliphatic hydroxyl groups excluding tert-OH is 1. The van der Waals surface area contributed by atoms with Crippen LogP contribution in [0, 0.1) is 0 Å². The number of phosphoric acid groups is 1. The van der Waals surface area contributed by atoms with Crippen LogP contribution in [-0.2, 0) is 32.7 Å². The lowest BCUT2D eigenvalue weighted by molar-refractivity contribution is -0.870. The number of carbonyl (C=O) groups is 2. The summed E-state index contributed by atoms with van der Waals surface area (Å²) in [5.41, 5.74) is 0. The lowest BCUT2D eigenvalue weighted by Crippen LogP contribution is -2.37. The van der Waals surface area contributed by atoms with Crippen LogP contribution in [0.2, 0.25) is 0 Å². The molecular weight excluding hydrogens is 741 g/mol. The highest BCUT2D eigenvalue weighted by molar-refractivity contribution is 7.47. The van der Waals surface area contributed by atoms with E-state index < -0.39 is 38.6 Å². The lowest BCUT2D eigenvalue weighted by Gasteiger charge is -2.24. The summed E-state index contributed by atoms with van der Waals surface area (Å²) in [6.07, 6.45) is 40.4. The molecule has 3 atom stereocenters. The van der Waals surface area contributed by atoms with Crippen molar-refractivity contribution in [2.24, 2.45) is 0 Å². The van der Waals surface area contributed by atoms with Crippen LogP contribution < -0.4 is 0 Å². The highest BCUT2D eigenvalue weighted by Crippen LogP contribution is 2.43. The van der Waals surface area contributed by atoms with Gasteiger partial charge in [-0.3, -0.25) is 18.6 Å². The summed E-state index contributed by atoms with van der Waals surface area (Å²) in [4.78, 5) is 35.3. The van der Waals surface area contributed by atoms with E-state index in [9.17, 15) is 24.2 Å². The summed E-state index contributed by atoms with van der Waals surface area (Å²) in [6, 6.07) is 0. The standard InChI is InChI=1S/C46H84NO9P/c1-6-8-10-12-14-15-16-17-18-19-20-21-25-29-33-37-45(49)53-41-44(42-55-57(51,52)54-40-39-47(3,4)5)56-46(50)38-34-30-26-23-22-24-28-32-36-43(48)35-31-27-13-11-9-7-2/h17-18,23-24,26,28,32,36,43-44,48H,6-16,19-22,25,27,29-31,33-35,37-42H2,1-5H3/p+1/b18-17-,26-23-,28-24-,36-32-. The number of phosphoric ester groups is 1. The van der Waals surface area contributed by atoms with Crippen molar-refractivity contribution < 1.29 is 47.2 Å². The summed E-state index contributed by atoms with van der Waals surface area (Å²) >= 11 is 0. The van der Waals surface area contributed by atoms with Gasteiger partial charge in [0.15, 0.2) is 6.10 Å². The second-order valence-corrected chi connectivity index (χ2v) is 17.7. The van der Waals surface area contributed by atoms with Gasteiger partial charge in [0.1, 0.15) is 19.8 Å². The topological polar surface area (TPSA) is 129 Å². The fraction of sp³-hybridized carbons (Fsp3) is 0.783. The third-order valence-corrected chi connectivity index (χ3v) is 10.4. The maximum absolute atomic E-state index is 12.7. The van der Waals surface area contributed by atoms with Crippen LogP contribution in [0.15, 0.2) is 48.6 Å². The van der Waals surface area contributed by atoms with Crippen molar-refractivity contribution in [2.75, 3.05) is 47.5 Å². The first-order chi connectivity index (χ1) is 27.4. The molecule has 3 unspecified atom stereocenters. The number of hydrogen-bond acceptors (Lipinski definition) is 8. The summed E-state index contributed by atoms with van der Waals surface area (Å²) in [6.45, 7) is 4.24. The Bertz CT molecular complexity index is 1130. The fourth-order valence-electron chi connectivity index (χ4n) is 5.84. The number of unbranched alkanes of at least 4 members (excludes halogenated alkanes) is 17. The molecule has 0 spiro atoms. The molecule has 332 valence electrons. The molecule has 0 radical (unpaired) electrons. The maximum atomic E-state index is 12.7. The Kier molecular flexibility index (Phi) is 36.8. The van der Waals surface area contributed by atoms with Crippen LogP contribution in [0.25, 0.3) is 0 Å². The van der Waals surface area contributed by atoms with Crippen molar-refractivity contribution >= 4 is 19.8 Å². The van der Waals surface area contributed by atoms with Crippen LogP contribution >= 0.6 is 7.82 Å². The molecule has 0 fully saturated rings. The molecule has 0 heterocycles. The Balaban J connectivity index is 4.52. The number of rotatable bonds is 40. The molecule has 0 aliphatic rings. The van der Waals surface area contributed by atoms with Crippen LogP contribution in [0.3, 0.4) is 0 Å². The smallest absolute Gasteiger partial charge is 0.462 e. The number of ether oxygens (including phenoxy) is 2. The van der Waals surface area contributed by atoms with Gasteiger partial charge in [-0.25, -0.2) is 4.57 Å². The van der Waals surface area contributed by atoms with E-state index in [4.69, 9.17) is 18.5 Å². The fourth-order valence-corrected chi connectivity index (χ4v) is 6.58. The Hall–Kier alpha value is -2.07. The zero-order chi connectivity index (χ0) is 42.3. The quantitative estimate of drug-likeness (QED) is 0.0155. The van der Waals surface area contributed by atoms with Gasteiger partial charge >= 0.3 is 19.8 Å². The maximum Gasteiger partial charge on any atom is 0.472 e. The summed E-state index contributed by atoms with van der Waals surface area (Å²) in [7, 11) is 1.40. The Morgan fingerprint density at radius 2 is 1.18 bits per heavy atom. The van der Waals surface area contributed by atoms with E-state index in [1.165, 1.54) is 77.0 Å². The molecule has 0 amide bonds. The van der Waals surface area contributed by atoms with Crippen LogP contribution in [0.1, 0.15) is 174 Å². The largest absolute Gasteiger partial charge is 0.472 e. The molecule has 2 N–H and O–H groups in total. The number of carbonyl (C=O) groups excluding carboxylic acids is 2. The highest BCUT2D eigenvalue weighted by Gasteiger charge is 2.27. The molecule has 0 bridgehead atoms. The van der Waals surface area contributed by atoms with E-state index >= 15 is 0 Å². The first kappa shape index (κ1) is 54.9. The van der Waals surface area contributed by atoms with Crippen LogP contribution in [0.5, 0.6) is 0 Å². The molecule has 0 aromatic heterocycles. The highest BCUT2D eigenvalue weighted by atomic mass is 31.2. The third-order valence-electron chi connectivity index (χ3n) is 9.44. The first-order valence-electron chi connectivity index (χ1n) is 22.5. The van der Waals surface area contributed by atoms with E-state index in [1.54, 1.807) is 0 Å². The summed E-state index contributed by atoms with van der Waals surface area (Å²) in [5, 5.41) is 10.1. The number of hydrogen-bond donors (Lipinski definition) is 2. The third kappa shape index (κ3) is 41.9. The number of esters is 2. The van der Waals surface area contributed by atoms with E-state index in [-0.39, 0.29) is 26.1 Å². The predicted molar refractivity (Wildman–Crippen MR) is 235 cm³/mol. The Labute approximate surface area is 348 Å². The number of likely N-dealkylation sites (N-methyl/N-ethyl adjacent to an activating group) is 1. The predicted octanol–water partition coefficient (Wildman–Crippen LogP) is 11.7. The average Bonchev–Trinajstić information content (AvgIpc) is 3.15. The second kappa shape index (κ2) is 38.2. The number of nitrogens with zero attached hydrogens (tertiary/aromatic N) is 1. The average molecular weight is 827 g/mol. The monoisotopic (exact) mass is 827 g/mol. The number of allylic oxidation sites excluding steroid dienone is 7. The van der Waals surface area contributed by atoms with Gasteiger partial charge in [0, 0.05) is 12.8 Å². The molecule has 0 rings (SSSR count). The van der Waals surface area contributed by atoms with Crippen molar-refractivity contribution in [2.45, 2.75) is 187 Å². The molecule has 0 aliphatic carbocycles. The zero-order valence-corrected chi connectivity index (χ0v) is 37.8. The SMILES string of the molecule is CCCCCCCC/C=C\CCCCCCCC(=O)OCC(COP(=O)(O)OCC[N+](C)(C)C)OC(=O)CCC/C=C\C/C=C\C=C/C(O)CCCCCCCC. The van der Waals surface area contributed by atoms with Gasteiger partial charge in [-0.2, -0.15) is 0 Å². The minimum atomic E-state index is -4.41. The number of aliphatic hydroxyl groups is 1. The van der Waals surface area contributed by atoms with Crippen molar-refractivity contribution in [1.82, 2.24) is 0 Å². The van der Waals surface area contributed by atoms with Crippen molar-refractivity contribution in [3.05, 3.63) is 48.6 Å². The van der Waals surface area contributed by atoms with Gasteiger partial charge in [0.25, 0.3) is 0 Å². The van der Waals surface area contributed by atoms with Gasteiger partial charge in [0.05, 0.1) is 33.9 Å². The van der Waals surface area contributed by atoms with Gasteiger partial charge < -0.3 is 24.0 Å². The molecule has 0 aliphatic heterocycles. The van der Waals surface area contributed by atoms with E-state index in [1.807, 2.05) is 57.6 Å². The molecule has 11 heteroatoms. The van der Waals surface area contributed by atoms with Gasteiger partial charge in [0.2, 0.25) is 0 Å². The normalized spacial score (nSPS) is 14.6. The molecular formula is C46H85NO9P+. The Morgan fingerprint density at radius 1 is 0.632 bits per heavy atom. The van der Waals surface area contributed by atoms with Crippen molar-refractivity contribution in [3.63, 3.8) is 0 Å². The van der Waals surface area contributed by atoms with Gasteiger partial charge in [-0.15, -0.1) is 0 Å². The first-order valence-corrected chi connectivity index (χ1v) is 24.0. The molecule has 0 aromatic carbocycles. The lowest BCUT2D eigenvalue weighted by atomic mass is 10.1. The minimum absolute atomic E-state index is 0.00904. The Morgan fingerprint density at radius 3 is 1.81 bits per heavy atom. The molecule has 0 saturated carbocycles. The van der Waals surface area contributed by atoms with E-state index in [2.05, 4.69) is 26.0 Å². The minimum Gasteiger partial charge on any atom is -0.462 e. The number of quaternary nitrogens is 1. The van der Waals surface area contributed by atoms with Gasteiger partial charge in [-0.1, -0.05) is 152 Å². The van der Waals surface area contributed by atoms with E-state index in [0.717, 1.165) is 51.4 Å². The van der Waals surface area contributed by atoms with Gasteiger partial charge in [-0.05, 0) is 57.8 Å². The van der Waals surface area contributed by atoms with Crippen molar-refractivity contribution in [1.29, 1.82) is 0 Å². The molecule has 57 heavy (non-hydrogen) atoms. The molecule has 10 nitrogen and oxygen atoms in total.